The van der Waals surface area contributed by atoms with Crippen LogP contribution in [0.2, 0.25) is 0 Å². The predicted octanol–water partition coefficient (Wildman–Crippen LogP) is 0.257. The number of sulfone groups is 1. The topological polar surface area (TPSA) is 110 Å². The van der Waals surface area contributed by atoms with Gasteiger partial charge in [0.2, 0.25) is 0 Å². The molecule has 1 aliphatic rings. The highest BCUT2D eigenvalue weighted by Crippen LogP contribution is 2.25. The van der Waals surface area contributed by atoms with Gasteiger partial charge in [-0.2, -0.15) is 0 Å². The summed E-state index contributed by atoms with van der Waals surface area (Å²) in [4.78, 5) is 22.4. The average Bonchev–Trinajstić information content (AvgIpc) is 2.48. The zero-order valence-corrected chi connectivity index (χ0v) is 12.0. The maximum absolute atomic E-state index is 11.4. The molecule has 110 valence electrons. The van der Waals surface area contributed by atoms with Crippen molar-refractivity contribution in [3.05, 3.63) is 0 Å². The molecule has 1 heterocycles. The molecule has 1 saturated heterocycles. The molecule has 0 aromatic carbocycles. The van der Waals surface area contributed by atoms with Crippen molar-refractivity contribution in [2.45, 2.75) is 26.4 Å². The minimum atomic E-state index is -3.35. The first-order valence-corrected chi connectivity index (χ1v) is 7.72. The Morgan fingerprint density at radius 2 is 1.89 bits per heavy atom. The summed E-state index contributed by atoms with van der Waals surface area (Å²) < 4.78 is 27.8. The van der Waals surface area contributed by atoms with Gasteiger partial charge in [0.25, 0.3) is 0 Å². The fraction of sp³-hybridized carbons (Fsp3) is 0.818. The fourth-order valence-electron chi connectivity index (χ4n) is 1.92. The highest BCUT2D eigenvalue weighted by molar-refractivity contribution is 7.91. The minimum absolute atomic E-state index is 0.0227. The van der Waals surface area contributed by atoms with Gasteiger partial charge >= 0.3 is 12.1 Å². The Balaban J connectivity index is 2.57. The highest BCUT2D eigenvalue weighted by Gasteiger charge is 2.42. The maximum Gasteiger partial charge on any atom is 0.407 e. The van der Waals surface area contributed by atoms with Crippen LogP contribution in [0.25, 0.3) is 0 Å². The lowest BCUT2D eigenvalue weighted by atomic mass is 9.96. The average molecular weight is 293 g/mol. The molecular formula is C11H19NO6S. The summed E-state index contributed by atoms with van der Waals surface area (Å²) in [7, 11) is -3.35. The molecule has 0 aliphatic carbocycles. The van der Waals surface area contributed by atoms with Crippen LogP contribution >= 0.6 is 0 Å². The molecular weight excluding hydrogens is 274 g/mol. The van der Waals surface area contributed by atoms with Crippen molar-refractivity contribution in [2.75, 3.05) is 18.1 Å². The van der Waals surface area contributed by atoms with E-state index < -0.39 is 39.3 Å². The number of ether oxygens (including phenoxy) is 1. The Hall–Kier alpha value is -1.31. The van der Waals surface area contributed by atoms with E-state index in [1.807, 2.05) is 0 Å². The lowest BCUT2D eigenvalue weighted by Gasteiger charge is -2.21. The molecule has 0 radical (unpaired) electrons. The number of carboxylic acids is 1. The molecule has 0 spiro atoms. The second-order valence-corrected chi connectivity index (χ2v) is 7.82. The molecule has 19 heavy (non-hydrogen) atoms. The molecule has 1 aliphatic heterocycles. The Bertz CT molecular complexity index is 464. The lowest BCUT2D eigenvalue weighted by molar-refractivity contribution is -0.142. The Morgan fingerprint density at radius 3 is 2.37 bits per heavy atom. The molecule has 0 aromatic rings. The van der Waals surface area contributed by atoms with Gasteiger partial charge in [0, 0.05) is 12.5 Å². The van der Waals surface area contributed by atoms with Gasteiger partial charge in [0.1, 0.15) is 5.60 Å². The fourth-order valence-corrected chi connectivity index (χ4v) is 4.02. The van der Waals surface area contributed by atoms with E-state index in [1.165, 1.54) is 0 Å². The third kappa shape index (κ3) is 5.06. The molecule has 1 fully saturated rings. The van der Waals surface area contributed by atoms with Crippen LogP contribution in [0.1, 0.15) is 20.8 Å². The van der Waals surface area contributed by atoms with Crippen molar-refractivity contribution < 1.29 is 27.9 Å². The lowest BCUT2D eigenvalue weighted by Crippen LogP contribution is -2.38. The van der Waals surface area contributed by atoms with Gasteiger partial charge in [-0.1, -0.05) is 0 Å². The number of carbonyl (C=O) groups excluding carboxylic acids is 1. The molecule has 0 unspecified atom stereocenters. The van der Waals surface area contributed by atoms with E-state index in [0.29, 0.717) is 0 Å². The SMILES string of the molecule is CC(C)(C)OC(=O)NC[C@@H]1CS(=O)(=O)C[C@@H]1C(=O)O. The summed E-state index contributed by atoms with van der Waals surface area (Å²) >= 11 is 0. The van der Waals surface area contributed by atoms with Gasteiger partial charge in [-0.3, -0.25) is 4.79 Å². The standard InChI is InChI=1S/C11H19NO6S/c1-11(2,3)18-10(15)12-4-7-5-19(16,17)6-8(7)9(13)14/h7-8H,4-6H2,1-3H3,(H,12,15)(H,13,14)/t7-,8+/m1/s1. The van der Waals surface area contributed by atoms with Crippen LogP contribution in [0.5, 0.6) is 0 Å². The van der Waals surface area contributed by atoms with Crippen LogP contribution < -0.4 is 5.32 Å². The summed E-state index contributed by atoms with van der Waals surface area (Å²) in [5, 5.41) is 11.4. The second-order valence-electron chi connectivity index (χ2n) is 5.66. The van der Waals surface area contributed by atoms with Crippen molar-refractivity contribution in [2.24, 2.45) is 11.8 Å². The summed E-state index contributed by atoms with van der Waals surface area (Å²) in [5.41, 5.74) is -0.655. The number of nitrogens with one attached hydrogen (secondary N) is 1. The monoisotopic (exact) mass is 293 g/mol. The number of amides is 1. The molecule has 1 amide bonds. The van der Waals surface area contributed by atoms with E-state index in [-0.39, 0.29) is 18.1 Å². The number of alkyl carbamates (subject to hydrolysis) is 1. The van der Waals surface area contributed by atoms with Gasteiger partial charge in [-0.05, 0) is 20.8 Å². The Kier molecular flexibility index (Phi) is 4.44. The van der Waals surface area contributed by atoms with E-state index in [4.69, 9.17) is 9.84 Å². The first-order valence-electron chi connectivity index (χ1n) is 5.90. The van der Waals surface area contributed by atoms with Crippen LogP contribution in [0.4, 0.5) is 4.79 Å². The zero-order valence-electron chi connectivity index (χ0n) is 11.2. The van der Waals surface area contributed by atoms with Crippen LogP contribution in [-0.2, 0) is 19.4 Å². The molecule has 2 atom stereocenters. The summed E-state index contributed by atoms with van der Waals surface area (Å²) in [5.74, 6) is -3.34. The normalized spacial score (nSPS) is 25.8. The van der Waals surface area contributed by atoms with Crippen LogP contribution in [0.15, 0.2) is 0 Å². The maximum atomic E-state index is 11.4. The van der Waals surface area contributed by atoms with Crippen LogP contribution in [0, 0.1) is 11.8 Å². The van der Waals surface area contributed by atoms with E-state index in [9.17, 15) is 18.0 Å². The molecule has 2 N–H and O–H groups in total. The van der Waals surface area contributed by atoms with Crippen LogP contribution in [0.3, 0.4) is 0 Å². The van der Waals surface area contributed by atoms with Gasteiger partial charge < -0.3 is 15.2 Å². The third-order valence-corrected chi connectivity index (χ3v) is 4.50. The molecule has 1 rings (SSSR count). The summed E-state index contributed by atoms with van der Waals surface area (Å²) in [6.07, 6.45) is -0.680. The predicted molar refractivity (Wildman–Crippen MR) is 67.5 cm³/mol. The van der Waals surface area contributed by atoms with Gasteiger partial charge in [0.05, 0.1) is 17.4 Å². The van der Waals surface area contributed by atoms with E-state index in [0.717, 1.165) is 0 Å². The Morgan fingerprint density at radius 1 is 1.32 bits per heavy atom. The molecule has 0 bridgehead atoms. The molecule has 0 saturated carbocycles. The first-order chi connectivity index (χ1) is 8.50. The van der Waals surface area contributed by atoms with Crippen molar-refractivity contribution in [3.8, 4) is 0 Å². The minimum Gasteiger partial charge on any atom is -0.481 e. The largest absolute Gasteiger partial charge is 0.481 e. The second kappa shape index (κ2) is 5.36. The number of hydrogen-bond acceptors (Lipinski definition) is 5. The molecule has 8 heteroatoms. The number of carboxylic acid groups (broad SMARTS) is 1. The van der Waals surface area contributed by atoms with Crippen LogP contribution in [-0.4, -0.2) is 49.2 Å². The number of aliphatic carboxylic acids is 1. The number of rotatable bonds is 3. The third-order valence-electron chi connectivity index (χ3n) is 2.70. The zero-order chi connectivity index (χ0) is 14.8. The van der Waals surface area contributed by atoms with Gasteiger partial charge in [0.15, 0.2) is 9.84 Å². The molecule has 0 aromatic heterocycles. The molecule has 7 nitrogen and oxygen atoms in total. The van der Waals surface area contributed by atoms with Crippen molar-refractivity contribution in [1.29, 1.82) is 0 Å². The van der Waals surface area contributed by atoms with Crippen molar-refractivity contribution in [1.82, 2.24) is 5.32 Å². The van der Waals surface area contributed by atoms with E-state index in [1.54, 1.807) is 20.8 Å². The van der Waals surface area contributed by atoms with E-state index >= 15 is 0 Å². The van der Waals surface area contributed by atoms with Crippen molar-refractivity contribution >= 4 is 21.9 Å². The van der Waals surface area contributed by atoms with Gasteiger partial charge in [-0.25, -0.2) is 13.2 Å². The summed E-state index contributed by atoms with van der Waals surface area (Å²) in [6.45, 7) is 5.08. The van der Waals surface area contributed by atoms with Gasteiger partial charge in [-0.15, -0.1) is 0 Å². The number of hydrogen-bond donors (Lipinski definition) is 2. The van der Waals surface area contributed by atoms with Crippen molar-refractivity contribution in [3.63, 3.8) is 0 Å². The summed E-state index contributed by atoms with van der Waals surface area (Å²) in [6, 6.07) is 0. The quantitative estimate of drug-likeness (QED) is 0.772. The van der Waals surface area contributed by atoms with E-state index in [2.05, 4.69) is 5.32 Å². The highest BCUT2D eigenvalue weighted by atomic mass is 32.2. The Labute approximate surface area is 112 Å². The number of carbonyl (C=O) groups is 2. The first kappa shape index (κ1) is 15.7. The smallest absolute Gasteiger partial charge is 0.407 e.